The molecule has 0 atom stereocenters. The molecule has 2 heterocycles. The van der Waals surface area contributed by atoms with Gasteiger partial charge in [0.1, 0.15) is 5.01 Å². The zero-order valence-corrected chi connectivity index (χ0v) is 9.20. The predicted octanol–water partition coefficient (Wildman–Crippen LogP) is 3.83. The van der Waals surface area contributed by atoms with Crippen LogP contribution in [0.25, 0.3) is 16.0 Å². The van der Waals surface area contributed by atoms with Crippen molar-refractivity contribution in [2.75, 3.05) is 0 Å². The summed E-state index contributed by atoms with van der Waals surface area (Å²) in [6, 6.07) is 0. The molecule has 1 aliphatic rings. The van der Waals surface area contributed by atoms with Gasteiger partial charge in [0.05, 0.1) is 4.88 Å². The van der Waals surface area contributed by atoms with E-state index in [2.05, 4.69) is 22.5 Å². The fraction of sp³-hybridized carbons (Fsp3) is 0.182. The molecule has 0 radical (unpaired) electrons. The van der Waals surface area contributed by atoms with Crippen LogP contribution in [0.1, 0.15) is 17.5 Å². The molecule has 0 fully saturated rings. The van der Waals surface area contributed by atoms with Gasteiger partial charge in [-0.25, -0.2) is 4.98 Å². The first-order valence-corrected chi connectivity index (χ1v) is 6.38. The highest BCUT2D eigenvalue weighted by atomic mass is 32.1. The normalized spacial score (nSPS) is 14.3. The zero-order chi connectivity index (χ0) is 9.38. The van der Waals surface area contributed by atoms with E-state index in [4.69, 9.17) is 0 Å². The first-order chi connectivity index (χ1) is 6.95. The third-order valence-corrected chi connectivity index (χ3v) is 4.38. The van der Waals surface area contributed by atoms with E-state index in [1.165, 1.54) is 33.9 Å². The quantitative estimate of drug-likeness (QED) is 0.710. The maximum Gasteiger partial charge on any atom is 0.133 e. The minimum atomic E-state index is 1.17. The van der Waals surface area contributed by atoms with Crippen LogP contribution in [0.2, 0.25) is 0 Å². The number of hydrogen-bond donors (Lipinski definition) is 0. The van der Waals surface area contributed by atoms with E-state index in [-0.39, 0.29) is 0 Å². The first kappa shape index (κ1) is 8.38. The molecule has 2 aromatic heterocycles. The molecular formula is C11H9NS2. The predicted molar refractivity (Wildman–Crippen MR) is 62.8 cm³/mol. The molecule has 0 unspecified atom stereocenters. The molecule has 70 valence electrons. The summed E-state index contributed by atoms with van der Waals surface area (Å²) in [5, 5.41) is 5.45. The molecule has 0 aromatic carbocycles. The number of aromatic nitrogens is 1. The van der Waals surface area contributed by atoms with Crippen LogP contribution < -0.4 is 0 Å². The fourth-order valence-corrected chi connectivity index (χ4v) is 3.62. The van der Waals surface area contributed by atoms with Gasteiger partial charge in [0.2, 0.25) is 0 Å². The highest BCUT2D eigenvalue weighted by Gasteiger charge is 2.14. The average Bonchev–Trinajstić information content (AvgIpc) is 2.85. The van der Waals surface area contributed by atoms with Crippen molar-refractivity contribution < 1.29 is 0 Å². The molecule has 0 spiro atoms. The van der Waals surface area contributed by atoms with E-state index in [0.29, 0.717) is 0 Å². The molecule has 0 saturated heterocycles. The van der Waals surface area contributed by atoms with Gasteiger partial charge in [-0.3, -0.25) is 0 Å². The van der Waals surface area contributed by atoms with Gasteiger partial charge >= 0.3 is 0 Å². The van der Waals surface area contributed by atoms with Gasteiger partial charge in [-0.05, 0) is 29.3 Å². The summed E-state index contributed by atoms with van der Waals surface area (Å²) in [4.78, 5) is 5.75. The maximum absolute atomic E-state index is 4.37. The lowest BCUT2D eigenvalue weighted by Gasteiger charge is -2.05. The number of thiazole rings is 1. The summed E-state index contributed by atoms with van der Waals surface area (Å²) in [5.74, 6) is 0. The van der Waals surface area contributed by atoms with Crippen LogP contribution in [0, 0.1) is 0 Å². The summed E-state index contributed by atoms with van der Waals surface area (Å²) >= 11 is 3.55. The van der Waals surface area contributed by atoms with Crippen molar-refractivity contribution in [2.45, 2.75) is 12.8 Å². The molecule has 0 bridgehead atoms. The molecule has 1 nitrogen and oxygen atoms in total. The van der Waals surface area contributed by atoms with Crippen LogP contribution in [-0.4, -0.2) is 4.98 Å². The van der Waals surface area contributed by atoms with Gasteiger partial charge in [-0.1, -0.05) is 12.2 Å². The Morgan fingerprint density at radius 2 is 2.29 bits per heavy atom. The van der Waals surface area contributed by atoms with E-state index >= 15 is 0 Å². The van der Waals surface area contributed by atoms with Crippen LogP contribution in [-0.2, 0) is 6.42 Å². The summed E-state index contributed by atoms with van der Waals surface area (Å²) < 4.78 is 0. The number of nitrogens with zero attached hydrogens (tertiary/aromatic N) is 1. The summed E-state index contributed by atoms with van der Waals surface area (Å²) in [6.45, 7) is 0. The third-order valence-electron chi connectivity index (χ3n) is 2.41. The monoisotopic (exact) mass is 219 g/mol. The average molecular weight is 219 g/mol. The van der Waals surface area contributed by atoms with Crippen molar-refractivity contribution in [3.63, 3.8) is 0 Å². The smallest absolute Gasteiger partial charge is 0.133 e. The van der Waals surface area contributed by atoms with Crippen molar-refractivity contribution >= 4 is 28.7 Å². The van der Waals surface area contributed by atoms with Gasteiger partial charge in [0.25, 0.3) is 0 Å². The topological polar surface area (TPSA) is 12.9 Å². The van der Waals surface area contributed by atoms with Crippen molar-refractivity contribution in [3.05, 3.63) is 34.2 Å². The number of thiophene rings is 1. The lowest BCUT2D eigenvalue weighted by Crippen LogP contribution is -1.91. The summed E-state index contributed by atoms with van der Waals surface area (Å²) in [7, 11) is 0. The second-order valence-corrected chi connectivity index (χ2v) is 5.05. The SMILES string of the molecule is C1=Cc2csc(-c3nccs3)c2CC1. The molecule has 2 aromatic rings. The largest absolute Gasteiger partial charge is 0.244 e. The van der Waals surface area contributed by atoms with Gasteiger partial charge in [0, 0.05) is 11.6 Å². The molecule has 3 heteroatoms. The molecular weight excluding hydrogens is 210 g/mol. The van der Waals surface area contributed by atoms with Gasteiger partial charge in [-0.15, -0.1) is 22.7 Å². The molecule has 1 aliphatic carbocycles. The Morgan fingerprint density at radius 3 is 3.14 bits per heavy atom. The Hall–Kier alpha value is -0.930. The number of allylic oxidation sites excluding steroid dienone is 1. The van der Waals surface area contributed by atoms with Crippen LogP contribution in [0.15, 0.2) is 23.0 Å². The maximum atomic E-state index is 4.37. The molecule has 14 heavy (non-hydrogen) atoms. The molecule has 0 saturated carbocycles. The standard InChI is InChI=1S/C11H9NS2/c1-2-4-9-8(3-1)7-14-10(9)11-12-5-6-13-11/h1,3,5-7H,2,4H2. The highest BCUT2D eigenvalue weighted by Crippen LogP contribution is 2.37. The van der Waals surface area contributed by atoms with E-state index in [1.807, 2.05) is 22.9 Å². The number of rotatable bonds is 1. The zero-order valence-electron chi connectivity index (χ0n) is 7.56. The number of fused-ring (bicyclic) bond motifs is 1. The van der Waals surface area contributed by atoms with Crippen molar-refractivity contribution in [3.8, 4) is 9.88 Å². The van der Waals surface area contributed by atoms with E-state index in [9.17, 15) is 0 Å². The molecule has 3 rings (SSSR count). The molecule has 0 amide bonds. The van der Waals surface area contributed by atoms with Crippen molar-refractivity contribution in [1.29, 1.82) is 0 Å². The Kier molecular flexibility index (Phi) is 2.00. The second-order valence-electron chi connectivity index (χ2n) is 3.28. The van der Waals surface area contributed by atoms with Gasteiger partial charge < -0.3 is 0 Å². The Bertz CT molecular complexity index is 465. The Morgan fingerprint density at radius 1 is 1.29 bits per heavy atom. The Labute approximate surface area is 90.8 Å². The minimum absolute atomic E-state index is 1.17. The van der Waals surface area contributed by atoms with Crippen LogP contribution >= 0.6 is 22.7 Å². The number of hydrogen-bond acceptors (Lipinski definition) is 3. The molecule has 0 N–H and O–H groups in total. The summed E-state index contributed by atoms with van der Waals surface area (Å²) in [5.41, 5.74) is 2.89. The third kappa shape index (κ3) is 1.24. The van der Waals surface area contributed by atoms with Crippen LogP contribution in [0.3, 0.4) is 0 Å². The van der Waals surface area contributed by atoms with Crippen molar-refractivity contribution in [2.24, 2.45) is 0 Å². The minimum Gasteiger partial charge on any atom is -0.244 e. The fourth-order valence-electron chi connectivity index (χ4n) is 1.75. The summed E-state index contributed by atoms with van der Waals surface area (Å²) in [6.07, 6.45) is 8.70. The second kappa shape index (κ2) is 3.33. The van der Waals surface area contributed by atoms with Crippen molar-refractivity contribution in [1.82, 2.24) is 4.98 Å². The van der Waals surface area contributed by atoms with Gasteiger partial charge in [0.15, 0.2) is 0 Å². The van der Waals surface area contributed by atoms with E-state index in [0.717, 1.165) is 0 Å². The lowest BCUT2D eigenvalue weighted by molar-refractivity contribution is 0.995. The van der Waals surface area contributed by atoms with E-state index in [1.54, 1.807) is 11.3 Å². The lowest BCUT2D eigenvalue weighted by atomic mass is 10.0. The van der Waals surface area contributed by atoms with Crippen LogP contribution in [0.4, 0.5) is 0 Å². The van der Waals surface area contributed by atoms with E-state index < -0.39 is 0 Å². The molecule has 0 aliphatic heterocycles. The first-order valence-electron chi connectivity index (χ1n) is 4.62. The van der Waals surface area contributed by atoms with Crippen LogP contribution in [0.5, 0.6) is 0 Å². The van der Waals surface area contributed by atoms with Gasteiger partial charge in [-0.2, -0.15) is 0 Å². The highest BCUT2D eigenvalue weighted by molar-refractivity contribution is 7.20. The Balaban J connectivity index is 2.16.